The Balaban J connectivity index is 1.33. The molecule has 0 atom stereocenters. The van der Waals surface area contributed by atoms with Crippen molar-refractivity contribution in [2.45, 2.75) is 44.8 Å². The van der Waals surface area contributed by atoms with Crippen LogP contribution in [0.2, 0.25) is 0 Å². The number of halogens is 1. The Labute approximate surface area is 233 Å². The topological polar surface area (TPSA) is 94.1 Å². The van der Waals surface area contributed by atoms with E-state index in [1.165, 1.54) is 12.1 Å². The number of aromatic carboxylic acids is 1. The number of rotatable bonds is 7. The number of carboxylic acids is 1. The Morgan fingerprint density at radius 1 is 0.975 bits per heavy atom. The molecule has 0 aromatic heterocycles. The predicted octanol–water partition coefficient (Wildman–Crippen LogP) is 6.08. The zero-order valence-electron chi connectivity index (χ0n) is 22.9. The van der Waals surface area contributed by atoms with Crippen molar-refractivity contribution in [1.82, 2.24) is 5.32 Å². The minimum atomic E-state index is -1.25. The lowest BCUT2D eigenvalue weighted by atomic mass is 9.77. The monoisotopic (exact) mass is 543 g/mol. The van der Waals surface area contributed by atoms with E-state index in [1.807, 2.05) is 64.1 Å². The molecule has 1 amide bonds. The van der Waals surface area contributed by atoms with Gasteiger partial charge in [-0.3, -0.25) is 0 Å². The Kier molecular flexibility index (Phi) is 7.29. The molecular formula is C31H31BFNO6. The van der Waals surface area contributed by atoms with Crippen LogP contribution in [0.3, 0.4) is 0 Å². The van der Waals surface area contributed by atoms with Gasteiger partial charge in [0.25, 0.3) is 0 Å². The first-order valence-electron chi connectivity index (χ1n) is 13.1. The van der Waals surface area contributed by atoms with Crippen molar-refractivity contribution in [3.05, 3.63) is 100 Å². The summed E-state index contributed by atoms with van der Waals surface area (Å²) < 4.78 is 32.2. The molecule has 2 aliphatic rings. The Morgan fingerprint density at radius 3 is 2.12 bits per heavy atom. The third kappa shape index (κ3) is 5.39. The largest absolute Gasteiger partial charge is 0.492 e. The molecular weight excluding hydrogens is 512 g/mol. The maximum atomic E-state index is 14.2. The van der Waals surface area contributed by atoms with E-state index < -0.39 is 36.2 Å². The summed E-state index contributed by atoms with van der Waals surface area (Å²) in [7, 11) is -0.851. The zero-order chi connectivity index (χ0) is 28.7. The molecule has 3 aromatic rings. The Hall–Kier alpha value is -3.95. The lowest BCUT2D eigenvalue weighted by Crippen LogP contribution is -2.41. The average Bonchev–Trinajstić information content (AvgIpc) is 3.33. The maximum absolute atomic E-state index is 14.2. The summed E-state index contributed by atoms with van der Waals surface area (Å²) in [4.78, 5) is 24.3. The van der Waals surface area contributed by atoms with E-state index >= 15 is 0 Å². The number of ether oxygens (including phenoxy) is 1. The zero-order valence-corrected chi connectivity index (χ0v) is 22.9. The van der Waals surface area contributed by atoms with E-state index in [1.54, 1.807) is 6.08 Å². The molecule has 40 heavy (non-hydrogen) atoms. The van der Waals surface area contributed by atoms with Gasteiger partial charge in [-0.2, -0.15) is 0 Å². The molecule has 2 N–H and O–H groups in total. The van der Waals surface area contributed by atoms with Crippen LogP contribution in [0.15, 0.2) is 72.2 Å². The van der Waals surface area contributed by atoms with Gasteiger partial charge in [-0.15, -0.1) is 0 Å². The van der Waals surface area contributed by atoms with Crippen molar-refractivity contribution in [2.24, 2.45) is 0 Å². The van der Waals surface area contributed by atoms with Gasteiger partial charge in [0, 0.05) is 12.5 Å². The fourth-order valence-corrected chi connectivity index (χ4v) is 5.05. The second-order valence-corrected chi connectivity index (χ2v) is 11.1. The summed E-state index contributed by atoms with van der Waals surface area (Å²) in [5.74, 6) is -2.02. The molecule has 0 radical (unpaired) electrons. The number of carboxylic acid groups (broad SMARTS) is 1. The van der Waals surface area contributed by atoms with Crippen molar-refractivity contribution in [2.75, 3.05) is 13.2 Å². The van der Waals surface area contributed by atoms with Crippen LogP contribution in [0.4, 0.5) is 9.18 Å². The highest BCUT2D eigenvalue weighted by Crippen LogP contribution is 2.44. The van der Waals surface area contributed by atoms with Crippen LogP contribution < -0.4 is 5.32 Å². The SMILES string of the molecule is CC1(C)OB(C(=Cc2cc(F)cc(C(=O)O)c2)CNC(=O)OCC2c3ccccc3-c3ccccc32)OC1(C)C. The summed E-state index contributed by atoms with van der Waals surface area (Å²) in [5, 5.41) is 12.1. The van der Waals surface area contributed by atoms with Gasteiger partial charge in [0.1, 0.15) is 12.4 Å². The standard InChI is InChI=1S/C31H31BFNO6/c1-30(2)31(3,4)40-32(39-30)21(14-19-13-20(28(35)36)16-22(33)15-19)17-34-29(37)38-18-27-25-11-7-5-9-23(25)24-10-6-8-12-26(24)27/h5-16,27H,17-18H2,1-4H3,(H,34,37)(H,35,36). The number of hydrogen-bond acceptors (Lipinski definition) is 5. The molecule has 7 nitrogen and oxygen atoms in total. The summed E-state index contributed by atoms with van der Waals surface area (Å²) in [6, 6.07) is 19.7. The number of nitrogens with one attached hydrogen (secondary N) is 1. The van der Waals surface area contributed by atoms with Crippen molar-refractivity contribution < 1.29 is 33.1 Å². The lowest BCUT2D eigenvalue weighted by molar-refractivity contribution is 0.00578. The Bertz CT molecular complexity index is 1440. The van der Waals surface area contributed by atoms with E-state index in [0.717, 1.165) is 28.3 Å². The van der Waals surface area contributed by atoms with Crippen LogP contribution in [0.25, 0.3) is 17.2 Å². The summed E-state index contributed by atoms with van der Waals surface area (Å²) in [6.45, 7) is 7.72. The first kappa shape index (κ1) is 27.6. The van der Waals surface area contributed by atoms with Crippen molar-refractivity contribution in [1.29, 1.82) is 0 Å². The Morgan fingerprint density at radius 2 is 1.55 bits per heavy atom. The third-order valence-corrected chi connectivity index (χ3v) is 7.86. The predicted molar refractivity (Wildman–Crippen MR) is 150 cm³/mol. The molecule has 206 valence electrons. The number of carbonyl (C=O) groups excluding carboxylic acids is 1. The molecule has 1 saturated heterocycles. The normalized spacial score (nSPS) is 17.3. The molecule has 1 fully saturated rings. The fourth-order valence-electron chi connectivity index (χ4n) is 5.05. The molecule has 3 aromatic carbocycles. The number of benzene rings is 3. The van der Waals surface area contributed by atoms with E-state index in [0.29, 0.717) is 11.0 Å². The highest BCUT2D eigenvalue weighted by Gasteiger charge is 2.52. The molecule has 0 spiro atoms. The van der Waals surface area contributed by atoms with Crippen LogP contribution in [0, 0.1) is 5.82 Å². The first-order valence-corrected chi connectivity index (χ1v) is 13.1. The van der Waals surface area contributed by atoms with Crippen LogP contribution in [0.1, 0.15) is 60.7 Å². The fraction of sp³-hybridized carbons (Fsp3) is 0.290. The first-order chi connectivity index (χ1) is 18.9. The molecule has 1 heterocycles. The summed E-state index contributed by atoms with van der Waals surface area (Å²) in [5.41, 5.74) is 3.75. The summed E-state index contributed by atoms with van der Waals surface area (Å²) >= 11 is 0. The van der Waals surface area contributed by atoms with Crippen LogP contribution in [0.5, 0.6) is 0 Å². The van der Waals surface area contributed by atoms with Gasteiger partial charge in [-0.1, -0.05) is 54.6 Å². The third-order valence-electron chi connectivity index (χ3n) is 7.86. The van der Waals surface area contributed by atoms with Gasteiger partial charge in [-0.25, -0.2) is 14.0 Å². The van der Waals surface area contributed by atoms with Crippen LogP contribution in [-0.2, 0) is 14.0 Å². The second-order valence-electron chi connectivity index (χ2n) is 11.1. The highest BCUT2D eigenvalue weighted by molar-refractivity contribution is 6.56. The van der Waals surface area contributed by atoms with E-state index in [9.17, 15) is 19.1 Å². The van der Waals surface area contributed by atoms with Gasteiger partial charge >= 0.3 is 19.2 Å². The number of fused-ring (bicyclic) bond motifs is 3. The van der Waals surface area contributed by atoms with Crippen molar-refractivity contribution in [3.8, 4) is 11.1 Å². The average molecular weight is 543 g/mol. The number of hydrogen-bond donors (Lipinski definition) is 2. The van der Waals surface area contributed by atoms with Gasteiger partial charge in [0.05, 0.1) is 16.8 Å². The summed E-state index contributed by atoms with van der Waals surface area (Å²) in [6.07, 6.45) is 0.941. The number of alkyl carbamates (subject to hydrolysis) is 1. The smallest absolute Gasteiger partial charge is 0.478 e. The second kappa shape index (κ2) is 10.6. The lowest BCUT2D eigenvalue weighted by Gasteiger charge is -2.32. The van der Waals surface area contributed by atoms with Gasteiger partial charge in [0.15, 0.2) is 0 Å². The van der Waals surface area contributed by atoms with E-state index in [4.69, 9.17) is 14.0 Å². The minimum Gasteiger partial charge on any atom is -0.478 e. The van der Waals surface area contributed by atoms with Crippen LogP contribution in [-0.4, -0.2) is 48.6 Å². The maximum Gasteiger partial charge on any atom is 0.492 e. The molecule has 9 heteroatoms. The molecule has 5 rings (SSSR count). The quantitative estimate of drug-likeness (QED) is 0.351. The molecule has 0 unspecified atom stereocenters. The molecule has 1 aliphatic carbocycles. The number of amides is 1. The van der Waals surface area contributed by atoms with Gasteiger partial charge in [0.2, 0.25) is 0 Å². The molecule has 0 bridgehead atoms. The van der Waals surface area contributed by atoms with Crippen molar-refractivity contribution in [3.63, 3.8) is 0 Å². The molecule has 1 aliphatic heterocycles. The van der Waals surface area contributed by atoms with E-state index in [-0.39, 0.29) is 24.6 Å². The number of carbonyl (C=O) groups is 2. The van der Waals surface area contributed by atoms with E-state index in [2.05, 4.69) is 17.4 Å². The molecule has 0 saturated carbocycles. The van der Waals surface area contributed by atoms with Crippen molar-refractivity contribution >= 4 is 25.3 Å². The van der Waals surface area contributed by atoms with Gasteiger partial charge in [-0.05, 0) is 79.2 Å². The minimum absolute atomic E-state index is 0.0214. The van der Waals surface area contributed by atoms with Gasteiger partial charge < -0.3 is 24.5 Å². The van der Waals surface area contributed by atoms with Crippen LogP contribution >= 0.6 is 0 Å². The highest BCUT2D eigenvalue weighted by atomic mass is 19.1.